The molecule has 0 aliphatic heterocycles. The van der Waals surface area contributed by atoms with Gasteiger partial charge < -0.3 is 10.2 Å². The molecule has 2 saturated carbocycles. The van der Waals surface area contributed by atoms with Crippen LogP contribution in [0.5, 0.6) is 0 Å². The molecule has 2 fully saturated rings. The first-order valence-electron chi connectivity index (χ1n) is 8.60. The predicted octanol–water partition coefficient (Wildman–Crippen LogP) is 3.67. The Bertz CT molecular complexity index is 254. The van der Waals surface area contributed by atoms with E-state index < -0.39 is 0 Å². The average molecular weight is 266 g/mol. The normalized spacial score (nSPS) is 37.3. The Balaban J connectivity index is 1.89. The lowest BCUT2D eigenvalue weighted by Crippen LogP contribution is -2.45. The van der Waals surface area contributed by atoms with Crippen LogP contribution in [0.3, 0.4) is 0 Å². The fraction of sp³-hybridized carbons (Fsp3) is 1.00. The van der Waals surface area contributed by atoms with E-state index in [1.807, 2.05) is 0 Å². The van der Waals surface area contributed by atoms with Gasteiger partial charge in [-0.1, -0.05) is 39.0 Å². The topological polar surface area (TPSA) is 15.3 Å². The third-order valence-corrected chi connectivity index (χ3v) is 5.68. The van der Waals surface area contributed by atoms with Crippen molar-refractivity contribution in [2.24, 2.45) is 11.8 Å². The molecule has 2 heteroatoms. The Kier molecular flexibility index (Phi) is 6.15. The van der Waals surface area contributed by atoms with Crippen molar-refractivity contribution < 1.29 is 0 Å². The van der Waals surface area contributed by atoms with Crippen molar-refractivity contribution in [2.75, 3.05) is 20.6 Å². The molecule has 0 spiro atoms. The summed E-state index contributed by atoms with van der Waals surface area (Å²) in [6, 6.07) is 1.60. The summed E-state index contributed by atoms with van der Waals surface area (Å²) < 4.78 is 0. The van der Waals surface area contributed by atoms with Crippen LogP contribution in [0.15, 0.2) is 0 Å². The number of rotatable bonds is 4. The van der Waals surface area contributed by atoms with Gasteiger partial charge in [0.2, 0.25) is 0 Å². The highest BCUT2D eigenvalue weighted by Crippen LogP contribution is 2.30. The summed E-state index contributed by atoms with van der Waals surface area (Å²) in [7, 11) is 4.54. The van der Waals surface area contributed by atoms with Crippen LogP contribution in [0.4, 0.5) is 0 Å². The van der Waals surface area contributed by atoms with Gasteiger partial charge in [0, 0.05) is 18.6 Å². The van der Waals surface area contributed by atoms with Crippen molar-refractivity contribution in [1.29, 1.82) is 0 Å². The minimum absolute atomic E-state index is 0.754. The molecule has 0 bridgehead atoms. The van der Waals surface area contributed by atoms with E-state index in [0.717, 1.165) is 23.9 Å². The molecule has 4 unspecified atom stereocenters. The lowest BCUT2D eigenvalue weighted by molar-refractivity contribution is 0.110. The molecule has 112 valence electrons. The molecule has 0 amide bonds. The first-order chi connectivity index (χ1) is 9.22. The smallest absolute Gasteiger partial charge is 0.0118 e. The lowest BCUT2D eigenvalue weighted by Gasteiger charge is -2.39. The van der Waals surface area contributed by atoms with Gasteiger partial charge >= 0.3 is 0 Å². The highest BCUT2D eigenvalue weighted by molar-refractivity contribution is 4.85. The van der Waals surface area contributed by atoms with E-state index in [0.29, 0.717) is 0 Å². The zero-order chi connectivity index (χ0) is 13.7. The maximum absolute atomic E-state index is 3.59. The molecule has 1 N–H and O–H groups in total. The molecule has 0 aromatic carbocycles. The highest BCUT2D eigenvalue weighted by atomic mass is 15.1. The van der Waals surface area contributed by atoms with Crippen molar-refractivity contribution >= 4 is 0 Å². The van der Waals surface area contributed by atoms with Crippen LogP contribution in [0.25, 0.3) is 0 Å². The van der Waals surface area contributed by atoms with E-state index in [4.69, 9.17) is 0 Å². The Morgan fingerprint density at radius 3 is 2.37 bits per heavy atom. The molecule has 2 nitrogen and oxygen atoms in total. The summed E-state index contributed by atoms with van der Waals surface area (Å²) in [5.74, 6) is 1.77. The van der Waals surface area contributed by atoms with Crippen LogP contribution in [-0.4, -0.2) is 37.6 Å². The second-order valence-electron chi connectivity index (χ2n) is 7.06. The van der Waals surface area contributed by atoms with Crippen LogP contribution in [-0.2, 0) is 0 Å². The van der Waals surface area contributed by atoms with Gasteiger partial charge in [0.1, 0.15) is 0 Å². The van der Waals surface area contributed by atoms with Crippen molar-refractivity contribution in [3.05, 3.63) is 0 Å². The summed E-state index contributed by atoms with van der Waals surface area (Å²) in [4.78, 5) is 2.70. The van der Waals surface area contributed by atoms with Gasteiger partial charge in [-0.15, -0.1) is 0 Å². The molecule has 4 atom stereocenters. The highest BCUT2D eigenvalue weighted by Gasteiger charge is 2.29. The molecule has 0 aromatic rings. The first kappa shape index (κ1) is 15.3. The largest absolute Gasteiger partial charge is 0.317 e. The molecule has 0 heterocycles. The third-order valence-electron chi connectivity index (χ3n) is 5.68. The molecule has 0 radical (unpaired) electrons. The van der Waals surface area contributed by atoms with Gasteiger partial charge in [-0.05, 0) is 51.6 Å². The molecule has 0 saturated heterocycles. The maximum atomic E-state index is 3.59. The Labute approximate surface area is 120 Å². The monoisotopic (exact) mass is 266 g/mol. The average Bonchev–Trinajstić information content (AvgIpc) is 2.64. The van der Waals surface area contributed by atoms with Crippen molar-refractivity contribution in [3.8, 4) is 0 Å². The standard InChI is InChI=1S/C17H34N2/c1-14-9-7-8-12-17(14)19(3)13-15-10-5-4-6-11-16(15)18-2/h14-18H,4-13H2,1-3H3. The van der Waals surface area contributed by atoms with E-state index in [1.54, 1.807) is 0 Å². The minimum atomic E-state index is 0.754. The van der Waals surface area contributed by atoms with Gasteiger partial charge in [0.25, 0.3) is 0 Å². The molecule has 2 aliphatic carbocycles. The summed E-state index contributed by atoms with van der Waals surface area (Å²) in [6.45, 7) is 3.77. The van der Waals surface area contributed by atoms with Crippen LogP contribution >= 0.6 is 0 Å². The van der Waals surface area contributed by atoms with Gasteiger partial charge in [-0.2, -0.15) is 0 Å². The maximum Gasteiger partial charge on any atom is 0.0118 e. The number of nitrogens with one attached hydrogen (secondary N) is 1. The van der Waals surface area contributed by atoms with Crippen LogP contribution in [0.2, 0.25) is 0 Å². The summed E-state index contributed by atoms with van der Waals surface area (Å²) >= 11 is 0. The first-order valence-corrected chi connectivity index (χ1v) is 8.60. The van der Waals surface area contributed by atoms with E-state index >= 15 is 0 Å². The molecule has 2 rings (SSSR count). The van der Waals surface area contributed by atoms with Gasteiger partial charge in [0.05, 0.1) is 0 Å². The van der Waals surface area contributed by atoms with E-state index in [9.17, 15) is 0 Å². The van der Waals surface area contributed by atoms with Gasteiger partial charge in [-0.25, -0.2) is 0 Å². The lowest BCUT2D eigenvalue weighted by atomic mass is 9.84. The van der Waals surface area contributed by atoms with Crippen LogP contribution in [0.1, 0.15) is 64.7 Å². The fourth-order valence-corrected chi connectivity index (χ4v) is 4.44. The fourth-order valence-electron chi connectivity index (χ4n) is 4.44. The summed E-state index contributed by atoms with van der Waals surface area (Å²) in [5.41, 5.74) is 0. The summed E-state index contributed by atoms with van der Waals surface area (Å²) in [5, 5.41) is 3.59. The minimum Gasteiger partial charge on any atom is -0.317 e. The zero-order valence-corrected chi connectivity index (χ0v) is 13.3. The molecule has 0 aromatic heterocycles. The number of nitrogens with zero attached hydrogens (tertiary/aromatic N) is 1. The Morgan fingerprint density at radius 2 is 1.63 bits per heavy atom. The zero-order valence-electron chi connectivity index (χ0n) is 13.3. The van der Waals surface area contributed by atoms with Crippen molar-refractivity contribution in [1.82, 2.24) is 10.2 Å². The second-order valence-corrected chi connectivity index (χ2v) is 7.06. The summed E-state index contributed by atoms with van der Waals surface area (Å²) in [6.07, 6.45) is 12.9. The van der Waals surface area contributed by atoms with Crippen molar-refractivity contribution in [2.45, 2.75) is 76.8 Å². The predicted molar refractivity (Wildman–Crippen MR) is 83.5 cm³/mol. The number of hydrogen-bond acceptors (Lipinski definition) is 2. The molecular weight excluding hydrogens is 232 g/mol. The Hall–Kier alpha value is -0.0800. The van der Waals surface area contributed by atoms with Crippen LogP contribution < -0.4 is 5.32 Å². The SMILES string of the molecule is CNC1CCCCCC1CN(C)C1CCCCC1C. The van der Waals surface area contributed by atoms with Crippen molar-refractivity contribution in [3.63, 3.8) is 0 Å². The van der Waals surface area contributed by atoms with Crippen LogP contribution in [0, 0.1) is 11.8 Å². The second kappa shape index (κ2) is 7.64. The van der Waals surface area contributed by atoms with Gasteiger partial charge in [0.15, 0.2) is 0 Å². The Morgan fingerprint density at radius 1 is 0.947 bits per heavy atom. The molecule has 2 aliphatic rings. The third kappa shape index (κ3) is 4.19. The van der Waals surface area contributed by atoms with Gasteiger partial charge in [-0.3, -0.25) is 0 Å². The number of hydrogen-bond donors (Lipinski definition) is 1. The van der Waals surface area contributed by atoms with E-state index in [2.05, 4.69) is 31.2 Å². The van der Waals surface area contributed by atoms with E-state index in [1.165, 1.54) is 64.3 Å². The quantitative estimate of drug-likeness (QED) is 0.781. The van der Waals surface area contributed by atoms with E-state index in [-0.39, 0.29) is 0 Å². The molecule has 19 heavy (non-hydrogen) atoms. The molecular formula is C17H34N2.